The first kappa shape index (κ1) is 14.8. The molecule has 0 aromatic rings. The lowest BCUT2D eigenvalue weighted by Gasteiger charge is -2.40. The van der Waals surface area contributed by atoms with Crippen LogP contribution in [0, 0.1) is 5.41 Å². The highest BCUT2D eigenvalue weighted by Crippen LogP contribution is 2.32. The summed E-state index contributed by atoms with van der Waals surface area (Å²) in [4.78, 5) is 16.8. The number of carbonyl (C=O) groups excluding carboxylic acids is 1. The van der Waals surface area contributed by atoms with E-state index in [1.807, 2.05) is 0 Å². The molecule has 1 amide bonds. The minimum absolute atomic E-state index is 0.0508. The fraction of sp³-hybridized carbons (Fsp3) is 0.933. The van der Waals surface area contributed by atoms with E-state index in [-0.39, 0.29) is 6.04 Å². The Morgan fingerprint density at radius 2 is 1.95 bits per heavy atom. The molecule has 0 bridgehead atoms. The fourth-order valence-corrected chi connectivity index (χ4v) is 3.23. The number of carbonyl (C=O) groups is 1. The third kappa shape index (κ3) is 3.69. The van der Waals surface area contributed by atoms with Gasteiger partial charge in [0.05, 0.1) is 6.04 Å². The average Bonchev–Trinajstić information content (AvgIpc) is 2.65. The van der Waals surface area contributed by atoms with Crippen LogP contribution >= 0.6 is 0 Å². The van der Waals surface area contributed by atoms with Crippen LogP contribution in [0.5, 0.6) is 0 Å². The van der Waals surface area contributed by atoms with Crippen LogP contribution in [0.25, 0.3) is 0 Å². The van der Waals surface area contributed by atoms with Crippen molar-refractivity contribution in [2.24, 2.45) is 5.41 Å². The van der Waals surface area contributed by atoms with E-state index >= 15 is 0 Å². The standard InChI is InChI=1S/C15H29N3O/c1-12(2)16-13-5-8-18(14(13)19)11-15(3)6-9-17(4)10-7-15/h12-13,16H,5-11H2,1-4H3. The zero-order valence-corrected chi connectivity index (χ0v) is 12.9. The van der Waals surface area contributed by atoms with Crippen LogP contribution in [0.3, 0.4) is 0 Å². The van der Waals surface area contributed by atoms with Gasteiger partial charge in [0.15, 0.2) is 0 Å². The maximum Gasteiger partial charge on any atom is 0.239 e. The molecule has 2 heterocycles. The van der Waals surface area contributed by atoms with Crippen LogP contribution in [-0.2, 0) is 4.79 Å². The van der Waals surface area contributed by atoms with Crippen LogP contribution in [0.1, 0.15) is 40.0 Å². The number of nitrogens with zero attached hydrogens (tertiary/aromatic N) is 2. The summed E-state index contributed by atoms with van der Waals surface area (Å²) in [5, 5.41) is 3.38. The van der Waals surface area contributed by atoms with E-state index in [0.29, 0.717) is 17.4 Å². The maximum absolute atomic E-state index is 12.4. The molecule has 19 heavy (non-hydrogen) atoms. The molecule has 0 aliphatic carbocycles. The first-order valence-electron chi connectivity index (χ1n) is 7.63. The van der Waals surface area contributed by atoms with Crippen molar-refractivity contribution in [3.8, 4) is 0 Å². The highest BCUT2D eigenvalue weighted by Gasteiger charge is 2.37. The molecule has 2 aliphatic rings. The van der Waals surface area contributed by atoms with E-state index in [1.165, 1.54) is 12.8 Å². The molecule has 1 unspecified atom stereocenters. The SMILES string of the molecule is CC(C)NC1CCN(CC2(C)CCN(C)CC2)C1=O. The number of rotatable bonds is 4. The van der Waals surface area contributed by atoms with Gasteiger partial charge in [0.25, 0.3) is 0 Å². The van der Waals surface area contributed by atoms with Gasteiger partial charge in [-0.1, -0.05) is 20.8 Å². The second kappa shape index (κ2) is 5.80. The third-order valence-electron chi connectivity index (χ3n) is 4.60. The zero-order chi connectivity index (χ0) is 14.0. The van der Waals surface area contributed by atoms with Crippen LogP contribution in [0.2, 0.25) is 0 Å². The quantitative estimate of drug-likeness (QED) is 0.834. The van der Waals surface area contributed by atoms with Gasteiger partial charge < -0.3 is 15.1 Å². The molecule has 110 valence electrons. The van der Waals surface area contributed by atoms with E-state index in [2.05, 4.69) is 42.9 Å². The Bertz CT molecular complexity index is 321. The highest BCUT2D eigenvalue weighted by atomic mass is 16.2. The lowest BCUT2D eigenvalue weighted by Crippen LogP contribution is -2.47. The van der Waals surface area contributed by atoms with Crippen molar-refractivity contribution < 1.29 is 4.79 Å². The summed E-state index contributed by atoms with van der Waals surface area (Å²) < 4.78 is 0. The van der Waals surface area contributed by atoms with Crippen LogP contribution < -0.4 is 5.32 Å². The average molecular weight is 267 g/mol. The zero-order valence-electron chi connectivity index (χ0n) is 12.9. The Morgan fingerprint density at radius 3 is 2.53 bits per heavy atom. The molecule has 1 atom stereocenters. The first-order valence-corrected chi connectivity index (χ1v) is 7.63. The minimum atomic E-state index is 0.0508. The Labute approximate surface area is 117 Å². The van der Waals surface area contributed by atoms with Crippen molar-refractivity contribution >= 4 is 5.91 Å². The predicted octanol–water partition coefficient (Wildman–Crippen LogP) is 1.32. The number of amides is 1. The second-order valence-electron chi connectivity index (χ2n) is 7.04. The third-order valence-corrected chi connectivity index (χ3v) is 4.60. The fourth-order valence-electron chi connectivity index (χ4n) is 3.23. The van der Waals surface area contributed by atoms with Crippen molar-refractivity contribution in [2.75, 3.05) is 33.2 Å². The molecule has 1 N–H and O–H groups in total. The summed E-state index contributed by atoms with van der Waals surface area (Å²) in [6.45, 7) is 10.7. The molecule has 0 saturated carbocycles. The molecule has 0 spiro atoms. The van der Waals surface area contributed by atoms with Gasteiger partial charge in [0.2, 0.25) is 5.91 Å². The largest absolute Gasteiger partial charge is 0.341 e. The van der Waals surface area contributed by atoms with E-state index in [9.17, 15) is 4.79 Å². The molecule has 0 radical (unpaired) electrons. The molecular weight excluding hydrogens is 238 g/mol. The lowest BCUT2D eigenvalue weighted by atomic mass is 9.80. The number of hydrogen-bond acceptors (Lipinski definition) is 3. The van der Waals surface area contributed by atoms with Gasteiger partial charge in [-0.3, -0.25) is 4.79 Å². The van der Waals surface area contributed by atoms with Gasteiger partial charge in [0, 0.05) is 19.1 Å². The molecule has 2 rings (SSSR count). The first-order chi connectivity index (χ1) is 8.89. The maximum atomic E-state index is 12.4. The molecule has 4 heteroatoms. The summed E-state index contributed by atoms with van der Waals surface area (Å²) in [5.74, 6) is 0.314. The number of hydrogen-bond donors (Lipinski definition) is 1. The summed E-state index contributed by atoms with van der Waals surface area (Å²) in [6.07, 6.45) is 3.37. The van der Waals surface area contributed by atoms with Gasteiger partial charge in [-0.25, -0.2) is 0 Å². The van der Waals surface area contributed by atoms with Crippen LogP contribution in [0.4, 0.5) is 0 Å². The van der Waals surface area contributed by atoms with E-state index < -0.39 is 0 Å². The van der Waals surface area contributed by atoms with E-state index in [0.717, 1.165) is 32.6 Å². The molecule has 0 aromatic heterocycles. The van der Waals surface area contributed by atoms with Gasteiger partial charge in [-0.2, -0.15) is 0 Å². The topological polar surface area (TPSA) is 35.6 Å². The normalized spacial score (nSPS) is 28.4. The Balaban J connectivity index is 1.88. The molecule has 2 saturated heterocycles. The predicted molar refractivity (Wildman–Crippen MR) is 78.1 cm³/mol. The molecule has 2 aliphatic heterocycles. The smallest absolute Gasteiger partial charge is 0.239 e. The molecule has 0 aromatic carbocycles. The summed E-state index contributed by atoms with van der Waals surface area (Å²) in [7, 11) is 2.18. The van der Waals surface area contributed by atoms with Gasteiger partial charge in [-0.15, -0.1) is 0 Å². The van der Waals surface area contributed by atoms with Crippen LogP contribution in [-0.4, -0.2) is 61.0 Å². The molecule has 4 nitrogen and oxygen atoms in total. The van der Waals surface area contributed by atoms with Gasteiger partial charge in [0.1, 0.15) is 0 Å². The minimum Gasteiger partial charge on any atom is -0.341 e. The Kier molecular flexibility index (Phi) is 4.51. The summed E-state index contributed by atoms with van der Waals surface area (Å²) in [6, 6.07) is 0.433. The number of nitrogens with one attached hydrogen (secondary N) is 1. The summed E-state index contributed by atoms with van der Waals surface area (Å²) in [5.41, 5.74) is 0.314. The van der Waals surface area contributed by atoms with Crippen molar-refractivity contribution in [3.63, 3.8) is 0 Å². The van der Waals surface area contributed by atoms with E-state index in [4.69, 9.17) is 0 Å². The van der Waals surface area contributed by atoms with Gasteiger partial charge in [-0.05, 0) is 44.8 Å². The Hall–Kier alpha value is -0.610. The van der Waals surface area contributed by atoms with E-state index in [1.54, 1.807) is 0 Å². The molecule has 2 fully saturated rings. The van der Waals surface area contributed by atoms with Gasteiger partial charge >= 0.3 is 0 Å². The van der Waals surface area contributed by atoms with Crippen LogP contribution in [0.15, 0.2) is 0 Å². The summed E-state index contributed by atoms with van der Waals surface area (Å²) >= 11 is 0. The van der Waals surface area contributed by atoms with Crippen molar-refractivity contribution in [3.05, 3.63) is 0 Å². The molecular formula is C15H29N3O. The Morgan fingerprint density at radius 1 is 1.32 bits per heavy atom. The van der Waals surface area contributed by atoms with Crippen molar-refractivity contribution in [1.29, 1.82) is 0 Å². The van der Waals surface area contributed by atoms with Crippen molar-refractivity contribution in [2.45, 2.75) is 52.1 Å². The number of piperidine rings is 1. The lowest BCUT2D eigenvalue weighted by molar-refractivity contribution is -0.131. The highest BCUT2D eigenvalue weighted by molar-refractivity contribution is 5.84. The monoisotopic (exact) mass is 267 g/mol. The number of likely N-dealkylation sites (tertiary alicyclic amines) is 2. The van der Waals surface area contributed by atoms with Crippen molar-refractivity contribution in [1.82, 2.24) is 15.1 Å². The second-order valence-corrected chi connectivity index (χ2v) is 7.04.